The van der Waals surface area contributed by atoms with Gasteiger partial charge in [-0.1, -0.05) is 24.3 Å². The van der Waals surface area contributed by atoms with Crippen LogP contribution >= 0.6 is 0 Å². The van der Waals surface area contributed by atoms with Crippen LogP contribution in [0.2, 0.25) is 0 Å². The van der Waals surface area contributed by atoms with Gasteiger partial charge in [-0.15, -0.1) is 0 Å². The summed E-state index contributed by atoms with van der Waals surface area (Å²) < 4.78 is 69.0. The fourth-order valence-corrected chi connectivity index (χ4v) is 2.88. The van der Waals surface area contributed by atoms with Gasteiger partial charge in [0.2, 0.25) is 10.0 Å². The molecule has 1 N–H and O–H groups in total. The first-order chi connectivity index (χ1) is 10.8. The van der Waals surface area contributed by atoms with Gasteiger partial charge in [0.15, 0.2) is 0 Å². The summed E-state index contributed by atoms with van der Waals surface area (Å²) >= 11 is 0. The van der Waals surface area contributed by atoms with Crippen LogP contribution in [0.5, 0.6) is 5.75 Å². The van der Waals surface area contributed by atoms with E-state index in [2.05, 4.69) is 9.46 Å². The highest BCUT2D eigenvalue weighted by molar-refractivity contribution is 7.89. The Morgan fingerprint density at radius 2 is 1.87 bits per heavy atom. The summed E-state index contributed by atoms with van der Waals surface area (Å²) in [5.41, 5.74) is 0.559. The summed E-state index contributed by atoms with van der Waals surface area (Å²) in [6.45, 7) is -1.77. The third kappa shape index (κ3) is 4.46. The average molecular weight is 345 g/mol. The molecule has 2 aromatic rings. The molecule has 0 fully saturated rings. The molecule has 0 aliphatic heterocycles. The molecule has 0 aromatic heterocycles. The average Bonchev–Trinajstić information content (AvgIpc) is 2.48. The lowest BCUT2D eigenvalue weighted by atomic mass is 10.2. The van der Waals surface area contributed by atoms with Gasteiger partial charge < -0.3 is 4.74 Å². The Bertz CT molecular complexity index is 794. The van der Waals surface area contributed by atoms with E-state index in [1.165, 1.54) is 37.3 Å². The second-order valence-corrected chi connectivity index (χ2v) is 6.49. The van der Waals surface area contributed by atoms with Gasteiger partial charge in [0.1, 0.15) is 11.6 Å². The second-order valence-electron chi connectivity index (χ2n) is 4.72. The van der Waals surface area contributed by atoms with Crippen LogP contribution in [0.1, 0.15) is 11.1 Å². The molecule has 0 aliphatic carbocycles. The number of aryl methyl sites for hydroxylation is 1. The van der Waals surface area contributed by atoms with Crippen molar-refractivity contribution in [3.8, 4) is 5.75 Å². The van der Waals surface area contributed by atoms with Crippen molar-refractivity contribution in [2.75, 3.05) is 0 Å². The quantitative estimate of drug-likeness (QED) is 0.875. The molecule has 0 amide bonds. The molecule has 2 rings (SSSR count). The zero-order chi connectivity index (χ0) is 17.0. The maximum absolute atomic E-state index is 13.5. The largest absolute Gasteiger partial charge is 0.434 e. The second kappa shape index (κ2) is 7.01. The summed E-state index contributed by atoms with van der Waals surface area (Å²) in [6.07, 6.45) is 0. The first kappa shape index (κ1) is 17.3. The van der Waals surface area contributed by atoms with Gasteiger partial charge in [-0.2, -0.15) is 8.78 Å². The SMILES string of the molecule is Cc1ccc(S(=O)(=O)NCc2ccccc2OC(F)F)cc1F. The van der Waals surface area contributed by atoms with Crippen molar-refractivity contribution in [2.45, 2.75) is 25.0 Å². The predicted molar refractivity (Wildman–Crippen MR) is 78.2 cm³/mol. The Labute approximate surface area is 132 Å². The van der Waals surface area contributed by atoms with Crippen molar-refractivity contribution in [2.24, 2.45) is 0 Å². The summed E-state index contributed by atoms with van der Waals surface area (Å²) in [4.78, 5) is -0.243. The lowest BCUT2D eigenvalue weighted by molar-refractivity contribution is -0.0504. The lowest BCUT2D eigenvalue weighted by Crippen LogP contribution is -2.24. The minimum atomic E-state index is -3.98. The van der Waals surface area contributed by atoms with E-state index in [0.717, 1.165) is 6.07 Å². The fraction of sp³-hybridized carbons (Fsp3) is 0.200. The predicted octanol–water partition coefficient (Wildman–Crippen LogP) is 3.21. The first-order valence-electron chi connectivity index (χ1n) is 6.58. The highest BCUT2D eigenvalue weighted by Crippen LogP contribution is 2.21. The van der Waals surface area contributed by atoms with Crippen LogP contribution < -0.4 is 9.46 Å². The Morgan fingerprint density at radius 3 is 2.52 bits per heavy atom. The Morgan fingerprint density at radius 1 is 1.17 bits per heavy atom. The molecule has 0 unspecified atom stereocenters. The number of halogens is 3. The van der Waals surface area contributed by atoms with Crippen molar-refractivity contribution >= 4 is 10.0 Å². The minimum absolute atomic E-state index is 0.125. The molecule has 0 saturated carbocycles. The minimum Gasteiger partial charge on any atom is -0.434 e. The van der Waals surface area contributed by atoms with Crippen LogP contribution in [0.15, 0.2) is 47.4 Å². The molecule has 2 aromatic carbocycles. The zero-order valence-corrected chi connectivity index (χ0v) is 12.9. The number of hydrogen-bond acceptors (Lipinski definition) is 3. The van der Waals surface area contributed by atoms with Crippen molar-refractivity contribution < 1.29 is 26.3 Å². The van der Waals surface area contributed by atoms with E-state index in [-0.39, 0.29) is 22.8 Å². The van der Waals surface area contributed by atoms with Crippen LogP contribution in [0.3, 0.4) is 0 Å². The van der Waals surface area contributed by atoms with E-state index in [9.17, 15) is 21.6 Å². The van der Waals surface area contributed by atoms with Crippen molar-refractivity contribution in [3.05, 3.63) is 59.4 Å². The standard InChI is InChI=1S/C15H14F3NO3S/c1-10-6-7-12(8-13(10)16)23(20,21)19-9-11-4-2-3-5-14(11)22-15(17)18/h2-8,15,19H,9H2,1H3. The summed E-state index contributed by atoms with van der Waals surface area (Å²) in [7, 11) is -3.98. The number of nitrogens with one attached hydrogen (secondary N) is 1. The summed E-state index contributed by atoms with van der Waals surface area (Å²) in [6, 6.07) is 9.33. The molecule has 8 heteroatoms. The fourth-order valence-electron chi connectivity index (χ4n) is 1.86. The molecule has 0 saturated heterocycles. The van der Waals surface area contributed by atoms with Gasteiger partial charge in [0, 0.05) is 12.1 Å². The molecule has 0 spiro atoms. The number of ether oxygens (including phenoxy) is 1. The molecule has 0 heterocycles. The molecule has 23 heavy (non-hydrogen) atoms. The van der Waals surface area contributed by atoms with E-state index in [0.29, 0.717) is 5.56 Å². The molecule has 0 aliphatic rings. The normalized spacial score (nSPS) is 11.7. The number of para-hydroxylation sites is 1. The topological polar surface area (TPSA) is 55.4 Å². The van der Waals surface area contributed by atoms with Gasteiger partial charge in [0.05, 0.1) is 4.90 Å². The van der Waals surface area contributed by atoms with Crippen molar-refractivity contribution in [1.29, 1.82) is 0 Å². The number of sulfonamides is 1. The van der Waals surface area contributed by atoms with E-state index >= 15 is 0 Å². The van der Waals surface area contributed by atoms with Gasteiger partial charge in [0.25, 0.3) is 0 Å². The van der Waals surface area contributed by atoms with Crippen LogP contribution in [-0.2, 0) is 16.6 Å². The maximum atomic E-state index is 13.5. The maximum Gasteiger partial charge on any atom is 0.387 e. The first-order valence-corrected chi connectivity index (χ1v) is 8.06. The van der Waals surface area contributed by atoms with E-state index in [1.54, 1.807) is 6.07 Å². The number of alkyl halides is 2. The lowest BCUT2D eigenvalue weighted by Gasteiger charge is -2.12. The number of hydrogen-bond donors (Lipinski definition) is 1. The molecular formula is C15H14F3NO3S. The monoisotopic (exact) mass is 345 g/mol. The van der Waals surface area contributed by atoms with Crippen LogP contribution in [0.25, 0.3) is 0 Å². The third-order valence-corrected chi connectivity index (χ3v) is 4.49. The third-order valence-electron chi connectivity index (χ3n) is 3.09. The van der Waals surface area contributed by atoms with Gasteiger partial charge in [-0.05, 0) is 30.7 Å². The van der Waals surface area contributed by atoms with Gasteiger partial charge in [-0.25, -0.2) is 17.5 Å². The molecule has 0 bridgehead atoms. The van der Waals surface area contributed by atoms with Crippen molar-refractivity contribution in [1.82, 2.24) is 4.72 Å². The zero-order valence-electron chi connectivity index (χ0n) is 12.1. The molecule has 4 nitrogen and oxygen atoms in total. The van der Waals surface area contributed by atoms with Crippen LogP contribution in [-0.4, -0.2) is 15.0 Å². The van der Waals surface area contributed by atoms with E-state index < -0.39 is 22.5 Å². The van der Waals surface area contributed by atoms with Gasteiger partial charge in [-0.3, -0.25) is 0 Å². The molecule has 124 valence electrons. The molecule has 0 radical (unpaired) electrons. The number of rotatable bonds is 6. The summed E-state index contributed by atoms with van der Waals surface area (Å²) in [5.74, 6) is -0.769. The Kier molecular flexibility index (Phi) is 5.27. The summed E-state index contributed by atoms with van der Waals surface area (Å²) in [5, 5.41) is 0. The van der Waals surface area contributed by atoms with Crippen LogP contribution in [0.4, 0.5) is 13.2 Å². The Hall–Kier alpha value is -2.06. The van der Waals surface area contributed by atoms with E-state index in [1.807, 2.05) is 0 Å². The van der Waals surface area contributed by atoms with E-state index in [4.69, 9.17) is 0 Å². The van der Waals surface area contributed by atoms with Crippen molar-refractivity contribution in [3.63, 3.8) is 0 Å². The molecular weight excluding hydrogens is 331 g/mol. The molecule has 0 atom stereocenters. The smallest absolute Gasteiger partial charge is 0.387 e. The Balaban J connectivity index is 2.18. The highest BCUT2D eigenvalue weighted by Gasteiger charge is 2.17. The highest BCUT2D eigenvalue weighted by atomic mass is 32.2. The number of benzene rings is 2. The van der Waals surface area contributed by atoms with Crippen LogP contribution in [0, 0.1) is 12.7 Å². The van der Waals surface area contributed by atoms with Gasteiger partial charge >= 0.3 is 6.61 Å².